The van der Waals surface area contributed by atoms with E-state index in [2.05, 4.69) is 4.90 Å². The highest BCUT2D eigenvalue weighted by Crippen LogP contribution is 2.43. The highest BCUT2D eigenvalue weighted by Gasteiger charge is 2.47. The first-order chi connectivity index (χ1) is 8.83. The predicted octanol–water partition coefficient (Wildman–Crippen LogP) is 2.15. The van der Waals surface area contributed by atoms with Gasteiger partial charge < -0.3 is 10.5 Å². The Morgan fingerprint density at radius 1 is 1.00 bits per heavy atom. The second-order valence-electron chi connectivity index (χ2n) is 6.48. The Hall–Kier alpha value is -0.120. The van der Waals surface area contributed by atoms with Gasteiger partial charge in [0, 0.05) is 24.7 Å². The van der Waals surface area contributed by atoms with Gasteiger partial charge in [0.15, 0.2) is 0 Å². The molecule has 2 saturated carbocycles. The lowest BCUT2D eigenvalue weighted by Gasteiger charge is -2.49. The van der Waals surface area contributed by atoms with E-state index in [-0.39, 0.29) is 0 Å². The fourth-order valence-corrected chi connectivity index (χ4v) is 4.61. The van der Waals surface area contributed by atoms with Crippen LogP contribution in [0.3, 0.4) is 0 Å². The summed E-state index contributed by atoms with van der Waals surface area (Å²) in [6, 6.07) is 0.403. The van der Waals surface area contributed by atoms with E-state index in [9.17, 15) is 0 Å². The summed E-state index contributed by atoms with van der Waals surface area (Å²) in [7, 11) is 0. The summed E-state index contributed by atoms with van der Waals surface area (Å²) in [5.41, 5.74) is 7.09. The van der Waals surface area contributed by atoms with Crippen LogP contribution in [0.5, 0.6) is 0 Å². The van der Waals surface area contributed by atoms with Gasteiger partial charge in [0.25, 0.3) is 0 Å². The zero-order chi connectivity index (χ0) is 12.4. The number of hydrogen-bond donors (Lipinski definition) is 1. The quantitative estimate of drug-likeness (QED) is 0.836. The second kappa shape index (κ2) is 5.48. The predicted molar refractivity (Wildman–Crippen MR) is 73.5 cm³/mol. The summed E-state index contributed by atoms with van der Waals surface area (Å²) < 4.78 is 5.53. The SMILES string of the molecule is NC(C1CCCC1)C1(N2CCOCC2)CCCC1. The molecule has 1 heterocycles. The van der Waals surface area contributed by atoms with E-state index in [4.69, 9.17) is 10.5 Å². The Morgan fingerprint density at radius 3 is 2.22 bits per heavy atom. The van der Waals surface area contributed by atoms with Crippen LogP contribution in [-0.2, 0) is 4.74 Å². The molecule has 104 valence electrons. The maximum atomic E-state index is 6.77. The van der Waals surface area contributed by atoms with Crippen LogP contribution in [-0.4, -0.2) is 42.8 Å². The van der Waals surface area contributed by atoms with Crippen molar-refractivity contribution in [3.63, 3.8) is 0 Å². The van der Waals surface area contributed by atoms with Crippen molar-refractivity contribution in [1.29, 1.82) is 0 Å². The van der Waals surface area contributed by atoms with Gasteiger partial charge in [-0.3, -0.25) is 4.90 Å². The van der Waals surface area contributed by atoms with E-state index < -0.39 is 0 Å². The molecule has 2 aliphatic carbocycles. The molecule has 1 saturated heterocycles. The zero-order valence-electron chi connectivity index (χ0n) is 11.6. The molecular formula is C15H28N2O. The summed E-state index contributed by atoms with van der Waals surface area (Å²) >= 11 is 0. The fourth-order valence-electron chi connectivity index (χ4n) is 4.61. The van der Waals surface area contributed by atoms with Gasteiger partial charge in [-0.25, -0.2) is 0 Å². The number of hydrogen-bond acceptors (Lipinski definition) is 3. The number of morpholine rings is 1. The topological polar surface area (TPSA) is 38.5 Å². The van der Waals surface area contributed by atoms with Crippen molar-refractivity contribution in [3.8, 4) is 0 Å². The first kappa shape index (κ1) is 12.9. The highest BCUT2D eigenvalue weighted by molar-refractivity contribution is 5.05. The van der Waals surface area contributed by atoms with Crippen molar-refractivity contribution < 1.29 is 4.74 Å². The maximum absolute atomic E-state index is 6.77. The molecule has 3 nitrogen and oxygen atoms in total. The van der Waals surface area contributed by atoms with Crippen molar-refractivity contribution >= 4 is 0 Å². The lowest BCUT2D eigenvalue weighted by atomic mass is 9.78. The molecular weight excluding hydrogens is 224 g/mol. The molecule has 1 aliphatic heterocycles. The Balaban J connectivity index is 1.76. The van der Waals surface area contributed by atoms with Gasteiger partial charge in [0.1, 0.15) is 0 Å². The smallest absolute Gasteiger partial charge is 0.0594 e. The van der Waals surface area contributed by atoms with Gasteiger partial charge in [-0.2, -0.15) is 0 Å². The maximum Gasteiger partial charge on any atom is 0.0594 e. The lowest BCUT2D eigenvalue weighted by molar-refractivity contribution is -0.0379. The van der Waals surface area contributed by atoms with Crippen LogP contribution >= 0.6 is 0 Å². The van der Waals surface area contributed by atoms with Gasteiger partial charge in [-0.05, 0) is 31.6 Å². The molecule has 0 radical (unpaired) electrons. The van der Waals surface area contributed by atoms with Crippen molar-refractivity contribution in [2.45, 2.75) is 62.9 Å². The molecule has 2 N–H and O–H groups in total. The van der Waals surface area contributed by atoms with Gasteiger partial charge in [-0.15, -0.1) is 0 Å². The van der Waals surface area contributed by atoms with E-state index in [1.165, 1.54) is 51.4 Å². The van der Waals surface area contributed by atoms with Gasteiger partial charge >= 0.3 is 0 Å². The molecule has 3 heteroatoms. The molecule has 0 amide bonds. The van der Waals surface area contributed by atoms with Crippen LogP contribution < -0.4 is 5.73 Å². The normalized spacial score (nSPS) is 31.8. The first-order valence-corrected chi connectivity index (χ1v) is 7.91. The van der Waals surface area contributed by atoms with E-state index in [0.717, 1.165) is 32.2 Å². The minimum atomic E-state index is 0.318. The standard InChI is InChI=1S/C15H28N2O/c16-14(13-5-1-2-6-13)15(7-3-4-8-15)17-9-11-18-12-10-17/h13-14H,1-12,16H2. The number of rotatable bonds is 3. The summed E-state index contributed by atoms with van der Waals surface area (Å²) in [5.74, 6) is 0.783. The minimum Gasteiger partial charge on any atom is -0.379 e. The molecule has 3 fully saturated rings. The van der Waals surface area contributed by atoms with Crippen LogP contribution in [0, 0.1) is 5.92 Å². The zero-order valence-corrected chi connectivity index (χ0v) is 11.6. The van der Waals surface area contributed by atoms with Crippen LogP contribution in [0.1, 0.15) is 51.4 Å². The van der Waals surface area contributed by atoms with Crippen LogP contribution in [0.15, 0.2) is 0 Å². The Morgan fingerprint density at radius 2 is 1.61 bits per heavy atom. The van der Waals surface area contributed by atoms with Gasteiger partial charge in [-0.1, -0.05) is 25.7 Å². The summed E-state index contributed by atoms with van der Waals surface area (Å²) in [6.07, 6.45) is 10.9. The Labute approximate surface area is 111 Å². The second-order valence-corrected chi connectivity index (χ2v) is 6.48. The molecule has 1 unspecified atom stereocenters. The average molecular weight is 252 g/mol. The highest BCUT2D eigenvalue weighted by atomic mass is 16.5. The van der Waals surface area contributed by atoms with E-state index in [1.54, 1.807) is 0 Å². The van der Waals surface area contributed by atoms with Gasteiger partial charge in [0.05, 0.1) is 13.2 Å². The van der Waals surface area contributed by atoms with Crippen LogP contribution in [0.4, 0.5) is 0 Å². The van der Waals surface area contributed by atoms with Crippen LogP contribution in [0.2, 0.25) is 0 Å². The van der Waals surface area contributed by atoms with Crippen molar-refractivity contribution in [2.75, 3.05) is 26.3 Å². The van der Waals surface area contributed by atoms with Gasteiger partial charge in [0.2, 0.25) is 0 Å². The average Bonchev–Trinajstić information content (AvgIpc) is 3.11. The minimum absolute atomic E-state index is 0.318. The van der Waals surface area contributed by atoms with E-state index in [0.29, 0.717) is 11.6 Å². The van der Waals surface area contributed by atoms with Crippen LogP contribution in [0.25, 0.3) is 0 Å². The molecule has 0 spiro atoms. The number of nitrogens with zero attached hydrogens (tertiary/aromatic N) is 1. The third-order valence-corrected chi connectivity index (χ3v) is 5.64. The molecule has 0 bridgehead atoms. The third-order valence-electron chi connectivity index (χ3n) is 5.64. The molecule has 0 aromatic carbocycles. The Bertz CT molecular complexity index is 264. The lowest BCUT2D eigenvalue weighted by Crippen LogP contribution is -2.63. The fraction of sp³-hybridized carbons (Fsp3) is 1.00. The number of ether oxygens (including phenoxy) is 1. The summed E-state index contributed by atoms with van der Waals surface area (Å²) in [6.45, 7) is 4.00. The summed E-state index contributed by atoms with van der Waals surface area (Å²) in [5, 5.41) is 0. The molecule has 0 aromatic rings. The van der Waals surface area contributed by atoms with Crippen molar-refractivity contribution in [3.05, 3.63) is 0 Å². The monoisotopic (exact) mass is 252 g/mol. The van der Waals surface area contributed by atoms with Crippen molar-refractivity contribution in [2.24, 2.45) is 11.7 Å². The molecule has 3 aliphatic rings. The Kier molecular flexibility index (Phi) is 3.92. The number of nitrogens with two attached hydrogens (primary N) is 1. The largest absolute Gasteiger partial charge is 0.379 e. The molecule has 3 rings (SSSR count). The van der Waals surface area contributed by atoms with E-state index >= 15 is 0 Å². The first-order valence-electron chi connectivity index (χ1n) is 7.91. The summed E-state index contributed by atoms with van der Waals surface area (Å²) in [4.78, 5) is 2.69. The molecule has 1 atom stereocenters. The molecule has 0 aromatic heterocycles. The molecule has 18 heavy (non-hydrogen) atoms. The van der Waals surface area contributed by atoms with E-state index in [1.807, 2.05) is 0 Å². The third kappa shape index (κ3) is 2.21. The van der Waals surface area contributed by atoms with Crippen molar-refractivity contribution in [1.82, 2.24) is 4.90 Å².